The molecule has 4 rings (SSSR count). The first-order valence-electron chi connectivity index (χ1n) is 12.0. The molecule has 32 heavy (non-hydrogen) atoms. The molecule has 1 heterocycles. The molecule has 1 aliphatic heterocycles. The third-order valence-electron chi connectivity index (χ3n) is 8.54. The van der Waals surface area contributed by atoms with Gasteiger partial charge in [-0.1, -0.05) is 63.2 Å². The van der Waals surface area contributed by atoms with Gasteiger partial charge in [-0.15, -0.1) is 12.4 Å². The van der Waals surface area contributed by atoms with Gasteiger partial charge in [-0.05, 0) is 30.6 Å². The van der Waals surface area contributed by atoms with Crippen LogP contribution in [0.4, 0.5) is 0 Å². The van der Waals surface area contributed by atoms with Crippen molar-refractivity contribution in [3.63, 3.8) is 0 Å². The lowest BCUT2D eigenvalue weighted by Crippen LogP contribution is -2.49. The number of fused-ring (bicyclic) bond motifs is 2. The van der Waals surface area contributed by atoms with Gasteiger partial charge in [-0.2, -0.15) is 0 Å². The maximum atomic E-state index is 12.4. The van der Waals surface area contributed by atoms with Gasteiger partial charge in [-0.25, -0.2) is 0 Å². The van der Waals surface area contributed by atoms with Crippen LogP contribution < -0.4 is 0 Å². The summed E-state index contributed by atoms with van der Waals surface area (Å²) >= 11 is 0. The zero-order chi connectivity index (χ0) is 22.1. The molecule has 3 atom stereocenters. The van der Waals surface area contributed by atoms with Crippen molar-refractivity contribution in [1.29, 1.82) is 0 Å². The number of hydrogen-bond acceptors (Lipinski definition) is 5. The number of nitrogens with zero attached hydrogens (tertiary/aromatic N) is 3. The van der Waals surface area contributed by atoms with Crippen molar-refractivity contribution >= 4 is 23.9 Å². The molecule has 1 aromatic carbocycles. The highest BCUT2D eigenvalue weighted by Gasteiger charge is 2.60. The van der Waals surface area contributed by atoms with Crippen LogP contribution in [0.1, 0.15) is 57.3 Å². The van der Waals surface area contributed by atoms with Crippen molar-refractivity contribution in [2.24, 2.45) is 27.8 Å². The fourth-order valence-corrected chi connectivity index (χ4v) is 5.85. The monoisotopic (exact) mass is 461 g/mol. The van der Waals surface area contributed by atoms with Gasteiger partial charge in [0.25, 0.3) is 0 Å². The van der Waals surface area contributed by atoms with E-state index in [4.69, 9.17) is 4.84 Å². The highest BCUT2D eigenvalue weighted by Crippen LogP contribution is 2.63. The van der Waals surface area contributed by atoms with Crippen molar-refractivity contribution in [3.05, 3.63) is 35.9 Å². The van der Waals surface area contributed by atoms with Crippen LogP contribution in [-0.4, -0.2) is 67.2 Å². The molecule has 0 spiro atoms. The maximum Gasteiger partial charge on any atom is 0.176 e. The lowest BCUT2D eigenvalue weighted by molar-refractivity contribution is 0.0671. The molecule has 6 heteroatoms. The molecule has 0 amide bonds. The van der Waals surface area contributed by atoms with Gasteiger partial charge in [0.2, 0.25) is 0 Å². The number of oxime groups is 1. The smallest absolute Gasteiger partial charge is 0.176 e. The Kier molecular flexibility index (Phi) is 8.06. The molecule has 1 saturated heterocycles. The van der Waals surface area contributed by atoms with E-state index in [2.05, 4.69) is 42.7 Å². The van der Waals surface area contributed by atoms with Crippen LogP contribution in [0.2, 0.25) is 0 Å². The molecule has 2 saturated carbocycles. The average Bonchev–Trinajstić information content (AvgIpc) is 3.09. The molecule has 2 bridgehead atoms. The molecule has 3 aliphatic rings. The zero-order valence-corrected chi connectivity index (χ0v) is 21.0. The molecule has 178 valence electrons. The number of carbonyl (C=O) groups excluding carboxylic acids is 1. The molecule has 0 N–H and O–H groups in total. The molecule has 2 aliphatic carbocycles. The van der Waals surface area contributed by atoms with Crippen molar-refractivity contribution in [3.8, 4) is 0 Å². The lowest BCUT2D eigenvalue weighted by Gasteiger charge is -2.35. The first kappa shape index (κ1) is 25.2. The van der Waals surface area contributed by atoms with E-state index in [9.17, 15) is 4.79 Å². The zero-order valence-electron chi connectivity index (χ0n) is 20.2. The Balaban J connectivity index is 0.00000289. The summed E-state index contributed by atoms with van der Waals surface area (Å²) in [4.78, 5) is 23.1. The minimum Gasteiger partial charge on any atom is -0.396 e. The number of benzene rings is 1. The summed E-state index contributed by atoms with van der Waals surface area (Å²) in [6, 6.07) is 9.62. The highest BCUT2D eigenvalue weighted by atomic mass is 35.5. The SMILES string of the molecule is CC(CO/N=C1\C[C@@H]2CC[C@]1(C)C2(C)C)CN1CCN(CC(=O)c2ccccc2)CC1.Cl. The number of ketones is 1. The highest BCUT2D eigenvalue weighted by molar-refractivity contribution is 5.97. The Morgan fingerprint density at radius 1 is 1.12 bits per heavy atom. The molecule has 0 aromatic heterocycles. The largest absolute Gasteiger partial charge is 0.396 e. The second-order valence-corrected chi connectivity index (χ2v) is 10.8. The first-order chi connectivity index (χ1) is 14.8. The number of rotatable bonds is 8. The Hall–Kier alpha value is -1.43. The summed E-state index contributed by atoms with van der Waals surface area (Å²) in [6.07, 6.45) is 3.70. The average molecular weight is 462 g/mol. The maximum absolute atomic E-state index is 12.4. The minimum absolute atomic E-state index is 0. The second-order valence-electron chi connectivity index (χ2n) is 10.8. The van der Waals surface area contributed by atoms with E-state index in [0.29, 0.717) is 24.5 Å². The Morgan fingerprint density at radius 3 is 2.38 bits per heavy atom. The normalized spacial score (nSPS) is 29.6. The molecule has 5 nitrogen and oxygen atoms in total. The minimum atomic E-state index is 0. The van der Waals surface area contributed by atoms with Crippen molar-refractivity contribution < 1.29 is 9.63 Å². The van der Waals surface area contributed by atoms with E-state index in [0.717, 1.165) is 50.6 Å². The summed E-state index contributed by atoms with van der Waals surface area (Å²) in [5.41, 5.74) is 2.67. The first-order valence-corrected chi connectivity index (χ1v) is 12.0. The van der Waals surface area contributed by atoms with Crippen LogP contribution >= 0.6 is 12.4 Å². The predicted octanol–water partition coefficient (Wildman–Crippen LogP) is 4.76. The Labute approximate surface area is 200 Å². The number of Topliss-reactive ketones (excluding diaryl/α,β-unsaturated/α-hetero) is 1. The van der Waals surface area contributed by atoms with Crippen LogP contribution in [0.25, 0.3) is 0 Å². The van der Waals surface area contributed by atoms with Gasteiger partial charge in [0.05, 0.1) is 12.3 Å². The molecule has 0 radical (unpaired) electrons. The van der Waals surface area contributed by atoms with Crippen molar-refractivity contribution in [1.82, 2.24) is 9.80 Å². The van der Waals surface area contributed by atoms with Crippen LogP contribution in [-0.2, 0) is 4.84 Å². The van der Waals surface area contributed by atoms with Crippen LogP contribution in [0, 0.1) is 22.7 Å². The Bertz CT molecular complexity index is 805. The lowest BCUT2D eigenvalue weighted by atomic mass is 9.70. The molecular formula is C26H40ClN3O2. The van der Waals surface area contributed by atoms with E-state index >= 15 is 0 Å². The fraction of sp³-hybridized carbons (Fsp3) is 0.692. The molecule has 3 fully saturated rings. The summed E-state index contributed by atoms with van der Waals surface area (Å²) in [6.45, 7) is 15.6. The van der Waals surface area contributed by atoms with E-state index in [1.807, 2.05) is 30.3 Å². The topological polar surface area (TPSA) is 45.1 Å². The van der Waals surface area contributed by atoms with Gasteiger partial charge in [0, 0.05) is 49.6 Å². The predicted molar refractivity (Wildman–Crippen MR) is 133 cm³/mol. The van der Waals surface area contributed by atoms with E-state index in [1.165, 1.54) is 18.6 Å². The standard InChI is InChI=1S/C26H39N3O2.ClH/c1-20(19-31-27-24-16-22-10-11-26(24,4)25(22,2)3)17-28-12-14-29(15-13-28)18-23(30)21-8-6-5-7-9-21;/h5-9,20,22H,10-19H2,1-4H3;1H/b27-24+;/t20?,22-,26-;/m0./s1. The van der Waals surface area contributed by atoms with Crippen LogP contribution in [0.5, 0.6) is 0 Å². The number of piperazine rings is 1. The number of carbonyl (C=O) groups is 1. The van der Waals surface area contributed by atoms with Gasteiger partial charge in [-0.3, -0.25) is 9.69 Å². The van der Waals surface area contributed by atoms with Gasteiger partial charge in [0.1, 0.15) is 6.61 Å². The van der Waals surface area contributed by atoms with Gasteiger partial charge >= 0.3 is 0 Å². The summed E-state index contributed by atoms with van der Waals surface area (Å²) < 4.78 is 0. The number of hydrogen-bond donors (Lipinski definition) is 0. The van der Waals surface area contributed by atoms with Crippen LogP contribution in [0.3, 0.4) is 0 Å². The van der Waals surface area contributed by atoms with Crippen molar-refractivity contribution in [2.75, 3.05) is 45.9 Å². The molecule has 1 aromatic rings. The van der Waals surface area contributed by atoms with E-state index in [1.54, 1.807) is 0 Å². The summed E-state index contributed by atoms with van der Waals surface area (Å²) in [5.74, 6) is 1.43. The van der Waals surface area contributed by atoms with Crippen LogP contribution in [0.15, 0.2) is 35.5 Å². The quantitative estimate of drug-likeness (QED) is 0.413. The second kappa shape index (κ2) is 10.2. The van der Waals surface area contributed by atoms with Gasteiger partial charge < -0.3 is 9.74 Å². The number of halogens is 1. The Morgan fingerprint density at radius 2 is 1.78 bits per heavy atom. The fourth-order valence-electron chi connectivity index (χ4n) is 5.85. The van der Waals surface area contributed by atoms with Gasteiger partial charge in [0.15, 0.2) is 5.78 Å². The summed E-state index contributed by atoms with van der Waals surface area (Å²) in [5, 5.41) is 4.63. The molecular weight excluding hydrogens is 422 g/mol. The van der Waals surface area contributed by atoms with E-state index in [-0.39, 0.29) is 23.6 Å². The molecule has 1 unspecified atom stereocenters. The van der Waals surface area contributed by atoms with Crippen molar-refractivity contribution in [2.45, 2.75) is 47.0 Å². The third kappa shape index (κ3) is 5.05. The summed E-state index contributed by atoms with van der Waals surface area (Å²) in [7, 11) is 0. The van der Waals surface area contributed by atoms with E-state index < -0.39 is 0 Å². The third-order valence-corrected chi connectivity index (χ3v) is 8.54.